The van der Waals surface area contributed by atoms with Gasteiger partial charge in [0.2, 0.25) is 18.1 Å². The fourth-order valence-electron chi connectivity index (χ4n) is 4.94. The highest BCUT2D eigenvalue weighted by Crippen LogP contribution is 2.34. The van der Waals surface area contributed by atoms with Crippen LogP contribution < -0.4 is 27.6 Å². The molecular weight excluding hydrogens is 534 g/mol. The van der Waals surface area contributed by atoms with Crippen molar-refractivity contribution < 1.29 is 43.5 Å². The molecule has 2 saturated heterocycles. The van der Waals surface area contributed by atoms with Gasteiger partial charge in [-0.1, -0.05) is 0 Å². The van der Waals surface area contributed by atoms with E-state index in [0.29, 0.717) is 12.8 Å². The second kappa shape index (κ2) is 12.3. The quantitative estimate of drug-likeness (QED) is 0.183. The smallest absolute Gasteiger partial charge is 0.330 e. The minimum atomic E-state index is -1.63. The van der Waals surface area contributed by atoms with E-state index in [1.54, 1.807) is 0 Å². The molecule has 1 aromatic rings. The largest absolute Gasteiger partial charge is 0.459 e. The number of amides is 3. The maximum atomic E-state index is 12.9. The molecule has 2 fully saturated rings. The third kappa shape index (κ3) is 6.42. The average Bonchev–Trinajstić information content (AvgIpc) is 3.11. The molecule has 16 heteroatoms. The van der Waals surface area contributed by atoms with E-state index in [2.05, 4.69) is 10.6 Å². The number of hydrogen-bond donors (Lipinski definition) is 6. The minimum absolute atomic E-state index is 0.0282. The van der Waals surface area contributed by atoms with E-state index in [9.17, 15) is 34.2 Å². The van der Waals surface area contributed by atoms with Gasteiger partial charge in [-0.05, 0) is 32.3 Å². The first kappa shape index (κ1) is 29.4. The van der Waals surface area contributed by atoms with E-state index in [-0.39, 0.29) is 24.1 Å². The van der Waals surface area contributed by atoms with Crippen molar-refractivity contribution in [3.8, 4) is 0 Å². The summed E-state index contributed by atoms with van der Waals surface area (Å²) in [5, 5.41) is 26.5. The maximum Gasteiger partial charge on any atom is 0.330 e. The lowest BCUT2D eigenvalue weighted by Gasteiger charge is -2.32. The summed E-state index contributed by atoms with van der Waals surface area (Å²) in [6.07, 6.45) is -5.70. The van der Waals surface area contributed by atoms with Crippen molar-refractivity contribution in [2.24, 2.45) is 5.73 Å². The third-order valence-corrected chi connectivity index (χ3v) is 6.92. The molecular formula is C24H33N5O11. The first-order valence-electron chi connectivity index (χ1n) is 12.8. The molecule has 1 aromatic heterocycles. The van der Waals surface area contributed by atoms with Crippen LogP contribution in [0.25, 0.3) is 0 Å². The van der Waals surface area contributed by atoms with Gasteiger partial charge in [0.1, 0.15) is 24.4 Å². The number of H-pyrrole nitrogens is 1. The van der Waals surface area contributed by atoms with Crippen LogP contribution in [0.15, 0.2) is 33.7 Å². The minimum Gasteiger partial charge on any atom is -0.459 e. The van der Waals surface area contributed by atoms with Gasteiger partial charge in [0.15, 0.2) is 18.1 Å². The van der Waals surface area contributed by atoms with Crippen LogP contribution in [0.4, 0.5) is 0 Å². The van der Waals surface area contributed by atoms with Crippen molar-refractivity contribution >= 4 is 17.7 Å². The number of nitrogens with two attached hydrogens (primary N) is 1. The molecule has 16 nitrogen and oxygen atoms in total. The molecule has 40 heavy (non-hydrogen) atoms. The summed E-state index contributed by atoms with van der Waals surface area (Å²) in [6.45, 7) is 1.87. The summed E-state index contributed by atoms with van der Waals surface area (Å²) in [7, 11) is 1.23. The van der Waals surface area contributed by atoms with Crippen LogP contribution in [-0.4, -0.2) is 93.5 Å². The first-order chi connectivity index (χ1) is 19.0. The third-order valence-electron chi connectivity index (χ3n) is 6.92. The van der Waals surface area contributed by atoms with Gasteiger partial charge in [-0.3, -0.25) is 28.7 Å². The van der Waals surface area contributed by atoms with Gasteiger partial charge in [-0.25, -0.2) is 4.79 Å². The van der Waals surface area contributed by atoms with Crippen LogP contribution >= 0.6 is 0 Å². The lowest BCUT2D eigenvalue weighted by Crippen LogP contribution is -2.51. The Morgan fingerprint density at radius 3 is 2.67 bits per heavy atom. The summed E-state index contributed by atoms with van der Waals surface area (Å²) in [5.41, 5.74) is 4.03. The van der Waals surface area contributed by atoms with Crippen LogP contribution in [-0.2, 0) is 33.3 Å². The number of aliphatic hydroxyl groups is 2. The van der Waals surface area contributed by atoms with E-state index >= 15 is 0 Å². The Morgan fingerprint density at radius 1 is 1.25 bits per heavy atom. The van der Waals surface area contributed by atoms with Gasteiger partial charge in [-0.2, -0.15) is 0 Å². The van der Waals surface area contributed by atoms with E-state index in [4.69, 9.17) is 24.7 Å². The number of carbonyl (C=O) groups excluding carboxylic acids is 3. The number of methoxy groups -OCH3 is 1. The second-order valence-corrected chi connectivity index (χ2v) is 9.91. The highest BCUT2D eigenvalue weighted by Gasteiger charge is 2.51. The molecule has 4 heterocycles. The van der Waals surface area contributed by atoms with E-state index in [0.717, 1.165) is 29.3 Å². The molecule has 3 aliphatic heterocycles. The molecule has 0 spiro atoms. The molecule has 3 aliphatic rings. The van der Waals surface area contributed by atoms with Crippen molar-refractivity contribution in [2.45, 2.75) is 87.7 Å². The Balaban J connectivity index is 1.48. The predicted octanol–water partition coefficient (Wildman–Crippen LogP) is -3.15. The van der Waals surface area contributed by atoms with Gasteiger partial charge in [0.25, 0.3) is 11.5 Å². The second-order valence-electron chi connectivity index (χ2n) is 9.91. The van der Waals surface area contributed by atoms with Crippen LogP contribution in [0.2, 0.25) is 0 Å². The fourth-order valence-corrected chi connectivity index (χ4v) is 4.94. The molecule has 0 unspecified atom stereocenters. The molecule has 7 N–H and O–H groups in total. The normalized spacial score (nSPS) is 33.2. The maximum absolute atomic E-state index is 12.9. The Morgan fingerprint density at radius 2 is 2.00 bits per heavy atom. The number of rotatable bonds is 8. The summed E-state index contributed by atoms with van der Waals surface area (Å²) in [5.74, 6) is -2.48. The molecule has 0 aromatic carbocycles. The Bertz CT molecular complexity index is 1260. The van der Waals surface area contributed by atoms with Gasteiger partial charge < -0.3 is 45.5 Å². The highest BCUT2D eigenvalue weighted by atomic mass is 16.7. The van der Waals surface area contributed by atoms with Crippen molar-refractivity contribution in [3.63, 3.8) is 0 Å². The molecule has 0 saturated carbocycles. The van der Waals surface area contributed by atoms with Crippen LogP contribution in [0.1, 0.15) is 38.8 Å². The molecule has 3 amide bonds. The number of aromatic nitrogens is 2. The summed E-state index contributed by atoms with van der Waals surface area (Å²) in [6, 6.07) is 0.215. The van der Waals surface area contributed by atoms with Gasteiger partial charge in [0, 0.05) is 31.8 Å². The zero-order valence-electron chi connectivity index (χ0n) is 21.8. The molecule has 0 aliphatic carbocycles. The number of aliphatic hydroxyl groups excluding tert-OH is 2. The Kier molecular flexibility index (Phi) is 9.05. The number of hydrogen-bond acceptors (Lipinski definition) is 11. The van der Waals surface area contributed by atoms with Crippen molar-refractivity contribution in [1.29, 1.82) is 0 Å². The van der Waals surface area contributed by atoms with Crippen LogP contribution in [0.5, 0.6) is 0 Å². The van der Waals surface area contributed by atoms with E-state index in [1.165, 1.54) is 7.11 Å². The average molecular weight is 568 g/mol. The zero-order chi connectivity index (χ0) is 29.1. The molecule has 220 valence electrons. The van der Waals surface area contributed by atoms with Crippen molar-refractivity contribution in [2.75, 3.05) is 7.11 Å². The molecule has 0 bridgehead atoms. The van der Waals surface area contributed by atoms with Crippen LogP contribution in [0, 0.1) is 0 Å². The number of nitrogens with one attached hydrogen (secondary N) is 3. The molecule has 9 atom stereocenters. The summed E-state index contributed by atoms with van der Waals surface area (Å²) < 4.78 is 23.3. The van der Waals surface area contributed by atoms with Crippen molar-refractivity contribution in [3.05, 3.63) is 44.9 Å². The van der Waals surface area contributed by atoms with Gasteiger partial charge >= 0.3 is 5.69 Å². The lowest BCUT2D eigenvalue weighted by molar-refractivity contribution is -0.208. The Hall–Kier alpha value is -3.57. The predicted molar refractivity (Wildman–Crippen MR) is 133 cm³/mol. The first-order valence-corrected chi connectivity index (χ1v) is 12.8. The number of aromatic amines is 1. The number of ether oxygens (including phenoxy) is 4. The SMILES string of the molecule is CO[C@H]1[C@@H](O)[C@H](n2ccc(=O)[nH]c2=O)O[C@@H]1[C@@H](O[C@@H]1C[C@@H](O)C=C(C(=O)N[C@H]2CCC[C@@H](C)NC2=O)O1)C(N)=O. The van der Waals surface area contributed by atoms with Crippen molar-refractivity contribution in [1.82, 2.24) is 20.2 Å². The van der Waals surface area contributed by atoms with E-state index < -0.39 is 72.1 Å². The zero-order valence-corrected chi connectivity index (χ0v) is 21.8. The number of carbonyl (C=O) groups is 3. The molecule has 0 radical (unpaired) electrons. The highest BCUT2D eigenvalue weighted by molar-refractivity contribution is 5.95. The Labute approximate surface area is 227 Å². The van der Waals surface area contributed by atoms with Gasteiger partial charge in [0.05, 0.1) is 6.10 Å². The standard InChI is InChI=1S/C24H33N5O11/c1-10-4-3-5-12(21(34)26-10)27-22(35)13-8-11(30)9-15(38-13)39-19(20(25)33)18-17(37-2)16(32)23(40-18)29-7-6-14(31)28-24(29)36/h6-8,10-12,15-19,23,30,32H,3-5,9H2,1-2H3,(H2,25,33)(H,26,34)(H,27,35)(H,28,31,36)/t10-,11+,12+,15-,16-,17+,18+,19-,23-/m1/s1. The fraction of sp³-hybridized carbons (Fsp3) is 0.625. The number of nitrogens with zero attached hydrogens (tertiary/aromatic N) is 1. The van der Waals surface area contributed by atoms with E-state index in [1.807, 2.05) is 11.9 Å². The monoisotopic (exact) mass is 567 g/mol. The van der Waals surface area contributed by atoms with Crippen LogP contribution in [0.3, 0.4) is 0 Å². The lowest BCUT2D eigenvalue weighted by atomic mass is 10.0. The topological polar surface area (TPSA) is 234 Å². The number of primary amides is 1. The molecule has 4 rings (SSSR count). The van der Waals surface area contributed by atoms with Gasteiger partial charge in [-0.15, -0.1) is 0 Å². The summed E-state index contributed by atoms with van der Waals surface area (Å²) >= 11 is 0. The summed E-state index contributed by atoms with van der Waals surface area (Å²) in [4.78, 5) is 63.5.